The zero-order valence-corrected chi connectivity index (χ0v) is 13.1. The lowest BCUT2D eigenvalue weighted by Gasteiger charge is -2.37. The van der Waals surface area contributed by atoms with Crippen molar-refractivity contribution in [2.24, 2.45) is 0 Å². The molecule has 0 radical (unpaired) electrons. The maximum absolute atomic E-state index is 14.1. The molecule has 1 N–H and O–H groups in total. The minimum atomic E-state index is -0.219. The molecule has 21 heavy (non-hydrogen) atoms. The van der Waals surface area contributed by atoms with Crippen molar-refractivity contribution in [2.75, 3.05) is 13.1 Å². The van der Waals surface area contributed by atoms with Gasteiger partial charge in [0.1, 0.15) is 11.3 Å². The highest BCUT2D eigenvalue weighted by Gasteiger charge is 2.37. The van der Waals surface area contributed by atoms with E-state index < -0.39 is 0 Å². The lowest BCUT2D eigenvalue weighted by Crippen LogP contribution is -2.44. The van der Waals surface area contributed by atoms with E-state index in [1.54, 1.807) is 6.07 Å². The minimum Gasteiger partial charge on any atom is -0.325 e. The number of benzene rings is 1. The maximum atomic E-state index is 14.1. The second-order valence-electron chi connectivity index (χ2n) is 6.42. The molecule has 1 fully saturated rings. The number of nitrogens with one attached hydrogen (secondary N) is 1. The van der Waals surface area contributed by atoms with E-state index >= 15 is 0 Å². The molecule has 0 saturated carbocycles. The molecule has 1 atom stereocenters. The van der Waals surface area contributed by atoms with E-state index in [0.29, 0.717) is 5.52 Å². The number of hydrogen-bond acceptors (Lipinski definition) is 2. The third-order valence-electron chi connectivity index (χ3n) is 4.81. The Morgan fingerprint density at radius 3 is 2.86 bits per heavy atom. The van der Waals surface area contributed by atoms with Crippen LogP contribution in [0.1, 0.15) is 51.9 Å². The molecular weight excluding hydrogens is 265 g/mol. The van der Waals surface area contributed by atoms with Crippen LogP contribution in [0.4, 0.5) is 4.39 Å². The second-order valence-corrected chi connectivity index (χ2v) is 6.42. The monoisotopic (exact) mass is 289 g/mol. The van der Waals surface area contributed by atoms with Crippen LogP contribution < -0.4 is 5.32 Å². The van der Waals surface area contributed by atoms with Crippen LogP contribution in [-0.4, -0.2) is 22.6 Å². The summed E-state index contributed by atoms with van der Waals surface area (Å²) in [6, 6.07) is 5.53. The Bertz CT molecular complexity index is 639. The van der Waals surface area contributed by atoms with Gasteiger partial charge in [0.25, 0.3) is 0 Å². The molecule has 0 bridgehead atoms. The van der Waals surface area contributed by atoms with Crippen LogP contribution in [0.3, 0.4) is 0 Å². The first kappa shape index (κ1) is 14.5. The minimum absolute atomic E-state index is 0.0218. The number of imidazole rings is 1. The third-order valence-corrected chi connectivity index (χ3v) is 4.81. The zero-order chi connectivity index (χ0) is 15.0. The number of nitrogens with zero attached hydrogens (tertiary/aromatic N) is 2. The largest absolute Gasteiger partial charge is 0.325 e. The van der Waals surface area contributed by atoms with Crippen molar-refractivity contribution in [1.82, 2.24) is 14.9 Å². The van der Waals surface area contributed by atoms with Crippen LogP contribution in [-0.2, 0) is 5.41 Å². The Hall–Kier alpha value is -1.42. The molecule has 0 spiro atoms. The van der Waals surface area contributed by atoms with Crippen LogP contribution in [0.25, 0.3) is 11.0 Å². The Morgan fingerprint density at radius 1 is 1.43 bits per heavy atom. The van der Waals surface area contributed by atoms with Crippen molar-refractivity contribution in [3.63, 3.8) is 0 Å². The summed E-state index contributed by atoms with van der Waals surface area (Å²) in [7, 11) is 0. The molecule has 3 rings (SSSR count). The number of halogens is 1. The third kappa shape index (κ3) is 2.26. The highest BCUT2D eigenvalue weighted by atomic mass is 19.1. The molecule has 2 aromatic rings. The fourth-order valence-electron chi connectivity index (χ4n) is 3.60. The fourth-order valence-corrected chi connectivity index (χ4v) is 3.60. The van der Waals surface area contributed by atoms with E-state index in [0.717, 1.165) is 43.7 Å². The van der Waals surface area contributed by atoms with Crippen molar-refractivity contribution in [3.05, 3.63) is 29.8 Å². The summed E-state index contributed by atoms with van der Waals surface area (Å²) in [4.78, 5) is 4.75. The molecular formula is C17H24FN3. The molecule has 4 heteroatoms. The van der Waals surface area contributed by atoms with Gasteiger partial charge in [-0.3, -0.25) is 0 Å². The van der Waals surface area contributed by atoms with E-state index in [4.69, 9.17) is 4.98 Å². The molecule has 0 aliphatic carbocycles. The molecule has 1 aliphatic rings. The van der Waals surface area contributed by atoms with Crippen LogP contribution in [0.15, 0.2) is 18.2 Å². The van der Waals surface area contributed by atoms with Crippen LogP contribution in [0.5, 0.6) is 0 Å². The average Bonchev–Trinajstić information content (AvgIpc) is 2.89. The SMILES string of the molecule is CCC1(c2nc3c(F)cccc3n2C(C)C)CCCNC1. The fraction of sp³-hybridized carbons (Fsp3) is 0.588. The van der Waals surface area contributed by atoms with E-state index in [1.807, 2.05) is 6.07 Å². The standard InChI is InChI=1S/C17H24FN3/c1-4-17(9-6-10-19-11-17)16-20-15-13(18)7-5-8-14(15)21(16)12(2)3/h5,7-8,12,19H,4,6,9-11H2,1-3H3. The topological polar surface area (TPSA) is 29.9 Å². The highest BCUT2D eigenvalue weighted by Crippen LogP contribution is 2.37. The summed E-state index contributed by atoms with van der Waals surface area (Å²) < 4.78 is 16.4. The van der Waals surface area contributed by atoms with Gasteiger partial charge in [-0.25, -0.2) is 9.37 Å². The van der Waals surface area contributed by atoms with Gasteiger partial charge in [0.15, 0.2) is 5.82 Å². The lowest BCUT2D eigenvalue weighted by molar-refractivity contribution is 0.276. The van der Waals surface area contributed by atoms with Crippen molar-refractivity contribution in [1.29, 1.82) is 0 Å². The summed E-state index contributed by atoms with van der Waals surface area (Å²) >= 11 is 0. The lowest BCUT2D eigenvalue weighted by atomic mass is 9.77. The van der Waals surface area contributed by atoms with Crippen LogP contribution in [0, 0.1) is 5.82 Å². The second kappa shape index (κ2) is 5.41. The Morgan fingerprint density at radius 2 is 2.24 bits per heavy atom. The predicted octanol–water partition coefficient (Wildman–Crippen LogP) is 3.79. The molecule has 0 amide bonds. The van der Waals surface area contributed by atoms with Gasteiger partial charge in [0.2, 0.25) is 0 Å². The summed E-state index contributed by atoms with van der Waals surface area (Å²) in [5.41, 5.74) is 1.45. The van der Waals surface area contributed by atoms with Crippen LogP contribution >= 0.6 is 0 Å². The zero-order valence-electron chi connectivity index (χ0n) is 13.1. The van der Waals surface area contributed by atoms with Crippen molar-refractivity contribution < 1.29 is 4.39 Å². The van der Waals surface area contributed by atoms with Gasteiger partial charge in [-0.05, 0) is 51.8 Å². The van der Waals surface area contributed by atoms with Gasteiger partial charge in [-0.15, -0.1) is 0 Å². The first-order valence-electron chi connectivity index (χ1n) is 7.97. The highest BCUT2D eigenvalue weighted by molar-refractivity contribution is 5.77. The Labute approximate surface area is 125 Å². The number of hydrogen-bond donors (Lipinski definition) is 1. The molecule has 1 aromatic carbocycles. The Balaban J connectivity index is 2.25. The smallest absolute Gasteiger partial charge is 0.151 e. The van der Waals surface area contributed by atoms with Crippen molar-refractivity contribution >= 4 is 11.0 Å². The van der Waals surface area contributed by atoms with E-state index in [9.17, 15) is 4.39 Å². The first-order chi connectivity index (χ1) is 10.1. The van der Waals surface area contributed by atoms with Gasteiger partial charge in [0, 0.05) is 18.0 Å². The predicted molar refractivity (Wildman–Crippen MR) is 84.1 cm³/mol. The molecule has 1 unspecified atom stereocenters. The number of piperidine rings is 1. The molecule has 3 nitrogen and oxygen atoms in total. The van der Waals surface area contributed by atoms with Gasteiger partial charge >= 0.3 is 0 Å². The van der Waals surface area contributed by atoms with E-state index in [-0.39, 0.29) is 17.3 Å². The Kier molecular flexibility index (Phi) is 3.74. The van der Waals surface area contributed by atoms with E-state index in [2.05, 4.69) is 30.7 Å². The first-order valence-corrected chi connectivity index (χ1v) is 7.97. The summed E-state index contributed by atoms with van der Waals surface area (Å²) in [6.45, 7) is 8.51. The number of para-hydroxylation sites is 1. The quantitative estimate of drug-likeness (QED) is 0.931. The summed E-state index contributed by atoms with van der Waals surface area (Å²) in [5.74, 6) is 0.829. The molecule has 114 valence electrons. The number of fused-ring (bicyclic) bond motifs is 1. The van der Waals surface area contributed by atoms with E-state index in [1.165, 1.54) is 6.07 Å². The molecule has 2 heterocycles. The van der Waals surface area contributed by atoms with Crippen molar-refractivity contribution in [3.8, 4) is 0 Å². The molecule has 1 aliphatic heterocycles. The average molecular weight is 289 g/mol. The maximum Gasteiger partial charge on any atom is 0.151 e. The molecule has 1 saturated heterocycles. The summed E-state index contributed by atoms with van der Waals surface area (Å²) in [6.07, 6.45) is 3.30. The molecule has 1 aromatic heterocycles. The van der Waals surface area contributed by atoms with Gasteiger partial charge < -0.3 is 9.88 Å². The normalized spacial score (nSPS) is 23.1. The van der Waals surface area contributed by atoms with Crippen molar-refractivity contribution in [2.45, 2.75) is 51.5 Å². The van der Waals surface area contributed by atoms with Crippen LogP contribution in [0.2, 0.25) is 0 Å². The van der Waals surface area contributed by atoms with Gasteiger partial charge in [0.05, 0.1) is 5.52 Å². The number of rotatable bonds is 3. The number of aromatic nitrogens is 2. The van der Waals surface area contributed by atoms with Gasteiger partial charge in [-0.2, -0.15) is 0 Å². The van der Waals surface area contributed by atoms with Gasteiger partial charge in [-0.1, -0.05) is 13.0 Å². The summed E-state index contributed by atoms with van der Waals surface area (Å²) in [5, 5.41) is 3.50.